The van der Waals surface area contributed by atoms with Gasteiger partial charge in [-0.05, 0) is 30.4 Å². The topological polar surface area (TPSA) is 50.9 Å². The van der Waals surface area contributed by atoms with Gasteiger partial charge in [0, 0.05) is 6.54 Å². The molecule has 0 amide bonds. The SMILES string of the molecule is CC1CCCC1CNc1cc(C(F)(F)F)cc(N)n1. The van der Waals surface area contributed by atoms with E-state index in [2.05, 4.69) is 17.2 Å². The molecule has 0 aromatic carbocycles. The van der Waals surface area contributed by atoms with Crippen LogP contribution >= 0.6 is 0 Å². The lowest BCUT2D eigenvalue weighted by Gasteiger charge is -2.17. The molecule has 6 heteroatoms. The molecule has 1 fully saturated rings. The van der Waals surface area contributed by atoms with E-state index in [1.165, 1.54) is 12.8 Å². The van der Waals surface area contributed by atoms with Crippen LogP contribution in [0.25, 0.3) is 0 Å². The van der Waals surface area contributed by atoms with E-state index in [9.17, 15) is 13.2 Å². The minimum absolute atomic E-state index is 0.114. The number of nitrogen functional groups attached to an aromatic ring is 1. The molecule has 1 heterocycles. The van der Waals surface area contributed by atoms with Crippen molar-refractivity contribution in [1.29, 1.82) is 0 Å². The Morgan fingerprint density at radius 3 is 2.68 bits per heavy atom. The van der Waals surface area contributed by atoms with Crippen molar-refractivity contribution < 1.29 is 13.2 Å². The van der Waals surface area contributed by atoms with Gasteiger partial charge in [0.2, 0.25) is 0 Å². The molecule has 3 N–H and O–H groups in total. The molecule has 1 saturated carbocycles. The number of hydrogen-bond donors (Lipinski definition) is 2. The fourth-order valence-electron chi connectivity index (χ4n) is 2.57. The average Bonchev–Trinajstić information content (AvgIpc) is 2.70. The van der Waals surface area contributed by atoms with Crippen LogP contribution in [0.3, 0.4) is 0 Å². The molecular formula is C13H18F3N3. The fraction of sp³-hybridized carbons (Fsp3) is 0.615. The number of anilines is 2. The van der Waals surface area contributed by atoms with Gasteiger partial charge in [0.25, 0.3) is 0 Å². The highest BCUT2D eigenvalue weighted by Gasteiger charge is 2.31. The maximum absolute atomic E-state index is 12.6. The third kappa shape index (κ3) is 3.52. The number of aromatic nitrogens is 1. The first-order valence-corrected chi connectivity index (χ1v) is 6.45. The standard InChI is InChI=1S/C13H18F3N3/c1-8-3-2-4-9(8)7-18-12-6-10(13(14,15)16)5-11(17)19-12/h5-6,8-9H,2-4,7H2,1H3,(H3,17,18,19). The first-order chi connectivity index (χ1) is 8.86. The summed E-state index contributed by atoms with van der Waals surface area (Å²) in [5.41, 5.74) is 4.65. The van der Waals surface area contributed by atoms with Crippen LogP contribution in [0.2, 0.25) is 0 Å². The zero-order chi connectivity index (χ0) is 14.0. The van der Waals surface area contributed by atoms with Crippen LogP contribution in [0, 0.1) is 11.8 Å². The molecule has 1 aliphatic carbocycles. The monoisotopic (exact) mass is 273 g/mol. The molecule has 19 heavy (non-hydrogen) atoms. The Kier molecular flexibility index (Phi) is 3.87. The fourth-order valence-corrected chi connectivity index (χ4v) is 2.57. The molecule has 1 aliphatic rings. The van der Waals surface area contributed by atoms with Gasteiger partial charge >= 0.3 is 6.18 Å². The van der Waals surface area contributed by atoms with Crippen molar-refractivity contribution in [1.82, 2.24) is 4.98 Å². The quantitative estimate of drug-likeness (QED) is 0.885. The number of nitrogens with one attached hydrogen (secondary N) is 1. The molecule has 0 aliphatic heterocycles. The van der Waals surface area contributed by atoms with Crippen LogP contribution < -0.4 is 11.1 Å². The highest BCUT2D eigenvalue weighted by molar-refractivity contribution is 5.47. The summed E-state index contributed by atoms with van der Waals surface area (Å²) in [7, 11) is 0. The first-order valence-electron chi connectivity index (χ1n) is 6.45. The first kappa shape index (κ1) is 14.0. The average molecular weight is 273 g/mol. The largest absolute Gasteiger partial charge is 0.416 e. The number of nitrogens with two attached hydrogens (primary N) is 1. The number of nitrogens with zero attached hydrogens (tertiary/aromatic N) is 1. The lowest BCUT2D eigenvalue weighted by molar-refractivity contribution is -0.137. The normalized spacial score (nSPS) is 23.6. The summed E-state index contributed by atoms with van der Waals surface area (Å²) in [5, 5.41) is 2.98. The van der Waals surface area contributed by atoms with Crippen LogP contribution in [0.5, 0.6) is 0 Å². The van der Waals surface area contributed by atoms with E-state index in [0.717, 1.165) is 18.6 Å². The van der Waals surface area contributed by atoms with Gasteiger partial charge in [-0.1, -0.05) is 19.8 Å². The molecule has 0 saturated heterocycles. The van der Waals surface area contributed by atoms with Crippen LogP contribution in [0.4, 0.5) is 24.8 Å². The molecule has 0 radical (unpaired) electrons. The lowest BCUT2D eigenvalue weighted by atomic mass is 9.98. The number of hydrogen-bond acceptors (Lipinski definition) is 3. The zero-order valence-electron chi connectivity index (χ0n) is 10.8. The third-order valence-corrected chi connectivity index (χ3v) is 3.76. The van der Waals surface area contributed by atoms with Gasteiger partial charge in [-0.15, -0.1) is 0 Å². The minimum atomic E-state index is -4.39. The Hall–Kier alpha value is -1.46. The van der Waals surface area contributed by atoms with Crippen LogP contribution in [-0.4, -0.2) is 11.5 Å². The van der Waals surface area contributed by atoms with E-state index in [1.54, 1.807) is 0 Å². The molecule has 2 unspecified atom stereocenters. The molecule has 0 spiro atoms. The van der Waals surface area contributed by atoms with Gasteiger partial charge in [-0.25, -0.2) is 4.98 Å². The molecule has 3 nitrogen and oxygen atoms in total. The Labute approximate surface area is 110 Å². The summed E-state index contributed by atoms with van der Waals surface area (Å²) < 4.78 is 37.9. The number of pyridine rings is 1. The highest BCUT2D eigenvalue weighted by Crippen LogP contribution is 2.33. The number of alkyl halides is 3. The Morgan fingerprint density at radius 1 is 1.37 bits per heavy atom. The van der Waals surface area contributed by atoms with Crippen molar-refractivity contribution in [2.45, 2.75) is 32.4 Å². The van der Waals surface area contributed by atoms with Gasteiger partial charge < -0.3 is 11.1 Å². The lowest BCUT2D eigenvalue weighted by Crippen LogP contribution is -2.18. The van der Waals surface area contributed by atoms with Crippen molar-refractivity contribution in [2.24, 2.45) is 11.8 Å². The number of halogens is 3. The highest BCUT2D eigenvalue weighted by atomic mass is 19.4. The van der Waals surface area contributed by atoms with E-state index in [0.29, 0.717) is 18.4 Å². The predicted octanol–water partition coefficient (Wildman–Crippen LogP) is 3.53. The summed E-state index contributed by atoms with van der Waals surface area (Å²) in [6, 6.07) is 1.86. The van der Waals surface area contributed by atoms with Gasteiger partial charge in [-0.2, -0.15) is 13.2 Å². The second-order valence-corrected chi connectivity index (χ2v) is 5.21. The molecule has 1 aromatic heterocycles. The van der Waals surface area contributed by atoms with E-state index < -0.39 is 11.7 Å². The molecule has 1 aromatic rings. The van der Waals surface area contributed by atoms with E-state index in [4.69, 9.17) is 5.73 Å². The van der Waals surface area contributed by atoms with Crippen molar-refractivity contribution >= 4 is 11.6 Å². The summed E-state index contributed by atoms with van der Waals surface area (Å²) in [5.74, 6) is 1.19. The summed E-state index contributed by atoms with van der Waals surface area (Å²) in [6.45, 7) is 2.82. The Balaban J connectivity index is 2.06. The van der Waals surface area contributed by atoms with Crippen molar-refractivity contribution in [3.8, 4) is 0 Å². The minimum Gasteiger partial charge on any atom is -0.384 e. The second kappa shape index (κ2) is 5.27. The van der Waals surface area contributed by atoms with Crippen LogP contribution in [0.15, 0.2) is 12.1 Å². The Morgan fingerprint density at radius 2 is 2.11 bits per heavy atom. The molecule has 0 bridgehead atoms. The molecule has 2 atom stereocenters. The van der Waals surface area contributed by atoms with E-state index >= 15 is 0 Å². The summed E-state index contributed by atoms with van der Waals surface area (Å²) in [4.78, 5) is 3.90. The molecular weight excluding hydrogens is 255 g/mol. The second-order valence-electron chi connectivity index (χ2n) is 5.21. The van der Waals surface area contributed by atoms with Crippen molar-refractivity contribution in [3.05, 3.63) is 17.7 Å². The summed E-state index contributed by atoms with van der Waals surface area (Å²) >= 11 is 0. The van der Waals surface area contributed by atoms with E-state index in [1.807, 2.05) is 0 Å². The Bertz CT molecular complexity index is 445. The van der Waals surface area contributed by atoms with Crippen LogP contribution in [-0.2, 0) is 6.18 Å². The van der Waals surface area contributed by atoms with Gasteiger partial charge in [-0.3, -0.25) is 0 Å². The predicted molar refractivity (Wildman–Crippen MR) is 68.6 cm³/mol. The van der Waals surface area contributed by atoms with E-state index in [-0.39, 0.29) is 11.6 Å². The van der Waals surface area contributed by atoms with Gasteiger partial charge in [0.1, 0.15) is 11.6 Å². The van der Waals surface area contributed by atoms with Crippen molar-refractivity contribution in [2.75, 3.05) is 17.6 Å². The van der Waals surface area contributed by atoms with Crippen molar-refractivity contribution in [3.63, 3.8) is 0 Å². The van der Waals surface area contributed by atoms with Crippen LogP contribution in [0.1, 0.15) is 31.7 Å². The maximum atomic E-state index is 12.6. The van der Waals surface area contributed by atoms with Gasteiger partial charge in [0.15, 0.2) is 0 Å². The number of rotatable bonds is 3. The third-order valence-electron chi connectivity index (χ3n) is 3.76. The molecule has 2 rings (SSSR count). The maximum Gasteiger partial charge on any atom is 0.416 e. The van der Waals surface area contributed by atoms with Gasteiger partial charge in [0.05, 0.1) is 5.56 Å². The zero-order valence-corrected chi connectivity index (χ0v) is 10.8. The smallest absolute Gasteiger partial charge is 0.384 e. The molecule has 106 valence electrons. The summed E-state index contributed by atoms with van der Waals surface area (Å²) in [6.07, 6.45) is -0.910.